The lowest BCUT2D eigenvalue weighted by Crippen LogP contribution is -2.69. The number of aliphatic carboxylic acids is 3. The first-order valence-corrected chi connectivity index (χ1v) is 33.2. The molecule has 5 saturated heterocycles. The summed E-state index contributed by atoms with van der Waals surface area (Å²) in [6.45, 7) is -4.21. The summed E-state index contributed by atoms with van der Waals surface area (Å²) in [6.07, 6.45) is -57.9. The lowest BCUT2D eigenvalue weighted by Gasteiger charge is -2.51. The predicted molar refractivity (Wildman–Crippen MR) is 260 cm³/mol. The van der Waals surface area contributed by atoms with Gasteiger partial charge in [0.1, 0.15) is 67.1 Å². The molecule has 89 heavy (non-hydrogen) atoms. The fraction of sp³-hybridized carbons (Fsp3) is 0.912. The highest BCUT2D eigenvalue weighted by atomic mass is 32.3. The first kappa shape index (κ1) is 76.7. The van der Waals surface area contributed by atoms with Crippen LogP contribution in [0.15, 0.2) is 0 Å². The Kier molecular flexibility index (Phi) is 25.9. The minimum Gasteiger partial charge on any atom is -0.481 e. The number of nitrogens with one attached hydrogen (secondary N) is 1. The molecule has 5 heterocycles. The Morgan fingerprint density at radius 3 is 0.955 bits per heavy atom. The third-order valence-electron chi connectivity index (χ3n) is 12.6. The van der Waals surface area contributed by atoms with Crippen LogP contribution in [0.25, 0.3) is 0 Å². The van der Waals surface area contributed by atoms with Crippen molar-refractivity contribution in [2.45, 2.75) is 135 Å². The third-order valence-corrected chi connectivity index (χ3v) is 15.8. The second-order valence-corrected chi connectivity index (χ2v) is 25.8. The summed E-state index contributed by atoms with van der Waals surface area (Å²) in [5.74, 6) is -8.00. The quantitative estimate of drug-likeness (QED) is 0.0287. The van der Waals surface area contributed by atoms with Gasteiger partial charge in [0.05, 0.1) is 25.2 Å². The summed E-state index contributed by atoms with van der Waals surface area (Å²) in [6, 6.07) is 0. The monoisotopic (exact) mass is 1450 g/mol. The van der Waals surface area contributed by atoms with Gasteiger partial charge in [-0.25, -0.2) is 38.9 Å². The van der Waals surface area contributed by atoms with Gasteiger partial charge >= 0.3 is 90.7 Å². The molecule has 0 aromatic rings. The number of piperidine rings is 1. The van der Waals surface area contributed by atoms with E-state index in [1.165, 1.54) is 0 Å². The minimum atomic E-state index is -6.08. The number of carboxylic acid groups (broad SMARTS) is 3. The van der Waals surface area contributed by atoms with Crippen molar-refractivity contribution < 1.29 is 212 Å². The topological polar surface area (TPSA) is 700 Å². The molecule has 48 nitrogen and oxygen atoms in total. The molecule has 0 unspecified atom stereocenters. The fourth-order valence-electron chi connectivity index (χ4n) is 9.48. The summed E-state index contributed by atoms with van der Waals surface area (Å²) < 4.78 is 337. The highest BCUT2D eigenvalue weighted by Crippen LogP contribution is 2.41. The Morgan fingerprint density at radius 1 is 0.371 bits per heavy atom. The maximum Gasteiger partial charge on any atom is 0.397 e. The fourth-order valence-corrected chi connectivity index (χ4v) is 12.5. The second kappa shape index (κ2) is 30.1. The molecule has 5 aliphatic rings. The number of hydrogen-bond acceptors (Lipinski definition) is 38. The highest BCUT2D eigenvalue weighted by Gasteiger charge is 2.62. The molecule has 0 amide bonds. The van der Waals surface area contributed by atoms with E-state index in [1.807, 2.05) is 0 Å². The number of ether oxygens (including phenoxy) is 12. The van der Waals surface area contributed by atoms with Crippen molar-refractivity contribution in [3.05, 3.63) is 0 Å². The van der Waals surface area contributed by atoms with Gasteiger partial charge in [-0.2, -0.15) is 58.9 Å². The Bertz CT molecular complexity index is 3280. The molecule has 0 saturated carbocycles. The molecule has 5 rings (SSSR count). The average molecular weight is 1450 g/mol. The van der Waals surface area contributed by atoms with Crippen LogP contribution in [0, 0.1) is 5.92 Å². The summed E-state index contributed by atoms with van der Waals surface area (Å²) in [7, 11) is -38.7. The van der Waals surface area contributed by atoms with Crippen molar-refractivity contribution in [3.8, 4) is 0 Å². The van der Waals surface area contributed by atoms with Crippen LogP contribution < -0.4 is 5.32 Å². The molecule has 55 heteroatoms. The van der Waals surface area contributed by atoms with Gasteiger partial charge in [-0.1, -0.05) is 0 Å². The van der Waals surface area contributed by atoms with Crippen LogP contribution in [0.3, 0.4) is 0 Å². The van der Waals surface area contributed by atoms with Crippen LogP contribution in [0.4, 0.5) is 0 Å². The van der Waals surface area contributed by atoms with Crippen molar-refractivity contribution in [2.24, 2.45) is 5.92 Å². The van der Waals surface area contributed by atoms with E-state index in [-0.39, 0.29) is 0 Å². The van der Waals surface area contributed by atoms with Crippen LogP contribution in [-0.4, -0.2) is 319 Å². The SMILES string of the molecule is CO[C@@H]1[C@@H](OS(=O)(=O)O)[C@@H](O[C@H]2[C@H](O)CNC[C@@H]2C(=O)O)O[C@H](COS(=O)(=O)O)[C@H]1O[C@@H]1O[C@@H](C(=O)O)[C@@H](O[C@H]2O[C@H](COS(=O)(=O)O)[C@@H](O[C@@H]3O[C@@H](C(=O)O)[C@@H](OS(=O)(=O)O)[C@H](OC)[C@H]3OS(=O)(=O)O)[C@H](OC)[C@H]2OS(=O)(=O)O)[C@H](OC)[C@H]1OS(=O)(=O)O. The zero-order valence-corrected chi connectivity index (χ0v) is 50.3. The zero-order valence-electron chi connectivity index (χ0n) is 44.6. The molecule has 23 atom stereocenters. The number of aliphatic hydroxyl groups is 1. The summed E-state index contributed by atoms with van der Waals surface area (Å²) in [5, 5.41) is 43.9. The molecular formula is C34H55NO47S7. The van der Waals surface area contributed by atoms with Gasteiger partial charge in [-0.05, 0) is 0 Å². The number of methoxy groups -OCH3 is 4. The number of rotatable bonds is 31. The largest absolute Gasteiger partial charge is 0.481 e. The Labute approximate surface area is 501 Å². The van der Waals surface area contributed by atoms with Crippen molar-refractivity contribution >= 4 is 90.7 Å². The van der Waals surface area contributed by atoms with Crippen LogP contribution in [-0.2, 0) is 173 Å². The Morgan fingerprint density at radius 2 is 0.652 bits per heavy atom. The van der Waals surface area contributed by atoms with Crippen LogP contribution in [0.2, 0.25) is 0 Å². The second-order valence-electron chi connectivity index (χ2n) is 18.4. The average Bonchev–Trinajstić information content (AvgIpc) is 0.886. The molecule has 5 aliphatic heterocycles. The normalized spacial score (nSPS) is 37.3. The maximum absolute atomic E-state index is 13.3. The molecule has 0 spiro atoms. The van der Waals surface area contributed by atoms with E-state index in [9.17, 15) is 126 Å². The van der Waals surface area contributed by atoms with Gasteiger partial charge in [0, 0.05) is 41.5 Å². The van der Waals surface area contributed by atoms with Crippen molar-refractivity contribution in [1.29, 1.82) is 0 Å². The molecule has 5 fully saturated rings. The number of carbonyl (C=O) groups is 3. The molecule has 0 aromatic heterocycles. The molecule has 0 radical (unpaired) electrons. The Hall–Kier alpha value is -3.06. The van der Waals surface area contributed by atoms with Gasteiger partial charge in [0.15, 0.2) is 61.8 Å². The number of carboxylic acids is 3. The standard InChI is InChI=1S/C34H55NO47S7/c1-64-16-14(11(7-68-83(43,44)45)70-31(24(16)79-86(52,53)54)72-13-9(28(37)38)5-35-6-10(13)36)73-33-26(81-88(58,59)60)18(66-3)20(22(76-33)29(39)40)75-32-25(80-87(55,56)57)17(65-2)15(12(71-32)8-69-84(46,47)48)74-34-27(82-89(61,62)63)19(67-4)21(78-85(49,50)51)23(77-34)30(41)42/h9-27,31-36H,5-8H2,1-4H3,(H,37,38)(H,39,40)(H,41,42)(H,43,44,45)(H,46,47,48)(H,49,50,51)(H,52,53,54)(H,55,56,57)(H,58,59,60)(H,61,62,63)/t9-,10+,11+,12+,13+,14+,15+,16-,17-,18-,19-,20-,21-,22+,23+,24+,25+,26+,27+,31+,32+,33+,34+/m0/s1. The molecule has 12 N–H and O–H groups in total. The number of β-amino-alcohol motifs (C(OH)–C–C–N with tert-alkyl or cyclic N) is 1. The molecule has 0 aliphatic carbocycles. The Balaban J connectivity index is 1.65. The van der Waals surface area contributed by atoms with E-state index in [2.05, 4.69) is 22.0 Å². The molecule has 0 bridgehead atoms. The van der Waals surface area contributed by atoms with Crippen LogP contribution in [0.5, 0.6) is 0 Å². The lowest BCUT2D eigenvalue weighted by molar-refractivity contribution is -0.383. The van der Waals surface area contributed by atoms with Crippen molar-refractivity contribution in [3.63, 3.8) is 0 Å². The number of hydrogen-bond donors (Lipinski definition) is 12. The maximum atomic E-state index is 13.3. The van der Waals surface area contributed by atoms with Gasteiger partial charge in [-0.15, -0.1) is 0 Å². The summed E-state index contributed by atoms with van der Waals surface area (Å²) in [4.78, 5) is 38.0. The summed E-state index contributed by atoms with van der Waals surface area (Å²) >= 11 is 0. The van der Waals surface area contributed by atoms with Crippen LogP contribution in [0.1, 0.15) is 0 Å². The third kappa shape index (κ3) is 21.7. The summed E-state index contributed by atoms with van der Waals surface area (Å²) in [5.41, 5.74) is 0. The van der Waals surface area contributed by atoms with Gasteiger partial charge < -0.3 is 82.6 Å². The number of aliphatic hydroxyl groups excluding tert-OH is 1. The van der Waals surface area contributed by atoms with Gasteiger partial charge in [0.25, 0.3) is 0 Å². The smallest absolute Gasteiger partial charge is 0.397 e. The highest BCUT2D eigenvalue weighted by molar-refractivity contribution is 7.82. The van der Waals surface area contributed by atoms with E-state index in [1.54, 1.807) is 0 Å². The van der Waals surface area contributed by atoms with Gasteiger partial charge in [0.2, 0.25) is 0 Å². The molecular weight excluding hydrogens is 1400 g/mol. The van der Waals surface area contributed by atoms with E-state index in [4.69, 9.17) is 69.4 Å². The van der Waals surface area contributed by atoms with Crippen molar-refractivity contribution in [1.82, 2.24) is 5.32 Å². The predicted octanol–water partition coefficient (Wildman–Crippen LogP) is -9.10. The van der Waals surface area contributed by atoms with E-state index >= 15 is 0 Å². The van der Waals surface area contributed by atoms with E-state index in [0.29, 0.717) is 28.4 Å². The van der Waals surface area contributed by atoms with Crippen LogP contribution >= 0.6 is 0 Å². The van der Waals surface area contributed by atoms with E-state index < -0.39 is 258 Å². The molecule has 0 aromatic carbocycles. The zero-order chi connectivity index (χ0) is 67.5. The van der Waals surface area contributed by atoms with E-state index in [0.717, 1.165) is 0 Å². The van der Waals surface area contributed by atoms with Gasteiger partial charge in [-0.3, -0.25) is 36.7 Å². The first-order chi connectivity index (χ1) is 40.7. The minimum absolute atomic E-state index is 0.418. The molecule has 520 valence electrons. The lowest BCUT2D eigenvalue weighted by atomic mass is 9.93. The van der Waals surface area contributed by atoms with Crippen molar-refractivity contribution in [2.75, 3.05) is 54.7 Å². The first-order valence-electron chi connectivity index (χ1n) is 23.6.